The van der Waals surface area contributed by atoms with Gasteiger partial charge in [0.2, 0.25) is 0 Å². The number of rotatable bonds is 3. The maximum Gasteiger partial charge on any atom is 0.259 e. The summed E-state index contributed by atoms with van der Waals surface area (Å²) in [6.45, 7) is 0. The fourth-order valence-corrected chi connectivity index (χ4v) is 2.21. The Hall–Kier alpha value is -2.01. The second kappa shape index (κ2) is 5.96. The van der Waals surface area contributed by atoms with Crippen LogP contribution in [0.4, 0.5) is 5.69 Å². The summed E-state index contributed by atoms with van der Waals surface area (Å²) in [5.74, 6) is 0.536. The molecule has 0 unspecified atom stereocenters. The summed E-state index contributed by atoms with van der Waals surface area (Å²) in [5.41, 5.74) is 1.11. The lowest BCUT2D eigenvalue weighted by Gasteiger charge is -2.18. The SMILES string of the molecule is COc1ccc(Br)c(C(=O)N(C)c2cccc(O)c2)c1. The van der Waals surface area contributed by atoms with Crippen molar-refractivity contribution in [1.29, 1.82) is 0 Å². The highest BCUT2D eigenvalue weighted by molar-refractivity contribution is 9.10. The number of halogens is 1. The molecule has 0 fully saturated rings. The van der Waals surface area contributed by atoms with Crippen LogP contribution in [0, 0.1) is 0 Å². The summed E-state index contributed by atoms with van der Waals surface area (Å²) in [5, 5.41) is 9.48. The monoisotopic (exact) mass is 335 g/mol. The molecule has 0 saturated heterocycles. The van der Waals surface area contributed by atoms with Crippen molar-refractivity contribution in [1.82, 2.24) is 0 Å². The van der Waals surface area contributed by atoms with E-state index < -0.39 is 0 Å². The second-order valence-electron chi connectivity index (χ2n) is 4.23. The molecule has 0 spiro atoms. The van der Waals surface area contributed by atoms with Crippen LogP contribution in [0.15, 0.2) is 46.9 Å². The topological polar surface area (TPSA) is 49.8 Å². The van der Waals surface area contributed by atoms with Crippen molar-refractivity contribution in [2.24, 2.45) is 0 Å². The molecular formula is C15H14BrNO3. The Balaban J connectivity index is 2.36. The minimum absolute atomic E-state index is 0.117. The maximum absolute atomic E-state index is 12.5. The van der Waals surface area contributed by atoms with Crippen LogP contribution in [-0.4, -0.2) is 25.2 Å². The molecule has 2 aromatic rings. The van der Waals surface area contributed by atoms with Crippen molar-refractivity contribution in [2.45, 2.75) is 0 Å². The average Bonchev–Trinajstić information content (AvgIpc) is 2.46. The number of carbonyl (C=O) groups is 1. The number of carbonyl (C=O) groups excluding carboxylic acids is 1. The predicted octanol–water partition coefficient (Wildman–Crippen LogP) is 3.44. The molecule has 0 atom stereocenters. The van der Waals surface area contributed by atoms with Crippen LogP contribution >= 0.6 is 15.9 Å². The number of phenolic OH excluding ortho intramolecular Hbond substituents is 1. The molecule has 20 heavy (non-hydrogen) atoms. The summed E-state index contributed by atoms with van der Waals surface area (Å²) in [7, 11) is 3.21. The van der Waals surface area contributed by atoms with Crippen LogP contribution in [0.2, 0.25) is 0 Å². The van der Waals surface area contributed by atoms with Crippen LogP contribution in [0.25, 0.3) is 0 Å². The molecule has 0 radical (unpaired) electrons. The lowest BCUT2D eigenvalue weighted by atomic mass is 10.1. The number of hydrogen-bond acceptors (Lipinski definition) is 3. The molecule has 5 heteroatoms. The van der Waals surface area contributed by atoms with E-state index in [1.165, 1.54) is 11.0 Å². The molecule has 2 rings (SSSR count). The van der Waals surface area contributed by atoms with Gasteiger partial charge in [-0.25, -0.2) is 0 Å². The predicted molar refractivity (Wildman–Crippen MR) is 81.5 cm³/mol. The number of methoxy groups -OCH3 is 1. The minimum atomic E-state index is -0.193. The van der Waals surface area contributed by atoms with Crippen LogP contribution in [-0.2, 0) is 0 Å². The van der Waals surface area contributed by atoms with Crippen LogP contribution in [0.5, 0.6) is 11.5 Å². The fraction of sp³-hybridized carbons (Fsp3) is 0.133. The number of hydrogen-bond donors (Lipinski definition) is 1. The van der Waals surface area contributed by atoms with Crippen molar-refractivity contribution < 1.29 is 14.6 Å². The normalized spacial score (nSPS) is 10.2. The summed E-state index contributed by atoms with van der Waals surface area (Å²) in [4.78, 5) is 14.0. The molecule has 4 nitrogen and oxygen atoms in total. The Morgan fingerprint density at radius 2 is 2.00 bits per heavy atom. The first-order valence-electron chi connectivity index (χ1n) is 5.93. The first-order valence-corrected chi connectivity index (χ1v) is 6.73. The maximum atomic E-state index is 12.5. The summed E-state index contributed by atoms with van der Waals surface area (Å²) in [6.07, 6.45) is 0. The zero-order chi connectivity index (χ0) is 14.7. The molecule has 0 aromatic heterocycles. The zero-order valence-electron chi connectivity index (χ0n) is 11.1. The molecule has 0 aliphatic heterocycles. The van der Waals surface area contributed by atoms with Crippen molar-refractivity contribution in [2.75, 3.05) is 19.1 Å². The van der Waals surface area contributed by atoms with Gasteiger partial charge in [-0.05, 0) is 46.3 Å². The molecule has 1 N–H and O–H groups in total. The average molecular weight is 336 g/mol. The van der Waals surface area contributed by atoms with Gasteiger partial charge >= 0.3 is 0 Å². The molecule has 0 aliphatic rings. The number of aromatic hydroxyl groups is 1. The van der Waals surface area contributed by atoms with Gasteiger partial charge in [0.25, 0.3) is 5.91 Å². The number of benzene rings is 2. The van der Waals surface area contributed by atoms with E-state index in [4.69, 9.17) is 4.74 Å². The number of nitrogens with zero attached hydrogens (tertiary/aromatic N) is 1. The van der Waals surface area contributed by atoms with Gasteiger partial charge in [0.1, 0.15) is 11.5 Å². The summed E-state index contributed by atoms with van der Waals surface area (Å²) >= 11 is 3.36. The Morgan fingerprint density at radius 1 is 1.25 bits per heavy atom. The Bertz CT molecular complexity index is 643. The second-order valence-corrected chi connectivity index (χ2v) is 5.08. The smallest absolute Gasteiger partial charge is 0.259 e. The molecule has 0 aliphatic carbocycles. The van der Waals surface area contributed by atoms with Gasteiger partial charge in [0, 0.05) is 23.3 Å². The highest BCUT2D eigenvalue weighted by Crippen LogP contribution is 2.26. The van der Waals surface area contributed by atoms with E-state index in [0.29, 0.717) is 21.5 Å². The number of amides is 1. The summed E-state index contributed by atoms with van der Waals surface area (Å²) in [6, 6.07) is 11.7. The summed E-state index contributed by atoms with van der Waals surface area (Å²) < 4.78 is 5.82. The minimum Gasteiger partial charge on any atom is -0.508 e. The molecule has 0 saturated carbocycles. The van der Waals surface area contributed by atoms with Gasteiger partial charge in [-0.15, -0.1) is 0 Å². The lowest BCUT2D eigenvalue weighted by molar-refractivity contribution is 0.0992. The van der Waals surface area contributed by atoms with Gasteiger partial charge in [-0.3, -0.25) is 4.79 Å². The number of anilines is 1. The van der Waals surface area contributed by atoms with E-state index in [-0.39, 0.29) is 11.7 Å². The molecule has 104 valence electrons. The van der Waals surface area contributed by atoms with Crippen molar-refractivity contribution in [3.63, 3.8) is 0 Å². The lowest BCUT2D eigenvalue weighted by Crippen LogP contribution is -2.26. The van der Waals surface area contributed by atoms with Crippen LogP contribution < -0.4 is 9.64 Å². The van der Waals surface area contributed by atoms with E-state index in [1.807, 2.05) is 0 Å². The van der Waals surface area contributed by atoms with Gasteiger partial charge in [-0.2, -0.15) is 0 Å². The van der Waals surface area contributed by atoms with Gasteiger partial charge in [0.15, 0.2) is 0 Å². The van der Waals surface area contributed by atoms with Crippen molar-refractivity contribution in [3.05, 3.63) is 52.5 Å². The van der Waals surface area contributed by atoms with E-state index >= 15 is 0 Å². The Labute approximate surface area is 125 Å². The Morgan fingerprint density at radius 3 is 2.65 bits per heavy atom. The van der Waals surface area contributed by atoms with E-state index in [2.05, 4.69) is 15.9 Å². The Kier molecular flexibility index (Phi) is 4.29. The fourth-order valence-electron chi connectivity index (χ4n) is 1.79. The molecular weight excluding hydrogens is 322 g/mol. The largest absolute Gasteiger partial charge is 0.508 e. The molecule has 2 aromatic carbocycles. The number of ether oxygens (including phenoxy) is 1. The van der Waals surface area contributed by atoms with Crippen molar-refractivity contribution in [3.8, 4) is 11.5 Å². The third kappa shape index (κ3) is 2.93. The van der Waals surface area contributed by atoms with Crippen LogP contribution in [0.3, 0.4) is 0 Å². The van der Waals surface area contributed by atoms with Crippen LogP contribution in [0.1, 0.15) is 10.4 Å². The van der Waals surface area contributed by atoms with Gasteiger partial charge < -0.3 is 14.7 Å². The van der Waals surface area contributed by atoms with Gasteiger partial charge in [-0.1, -0.05) is 6.07 Å². The standard InChI is InChI=1S/C15H14BrNO3/c1-17(10-4-3-5-11(18)8-10)15(19)13-9-12(20-2)6-7-14(13)16/h3-9,18H,1-2H3. The highest BCUT2D eigenvalue weighted by atomic mass is 79.9. The quantitative estimate of drug-likeness (QED) is 0.934. The molecule has 1 amide bonds. The third-order valence-electron chi connectivity index (χ3n) is 2.93. The highest BCUT2D eigenvalue weighted by Gasteiger charge is 2.17. The van der Waals surface area contributed by atoms with E-state index in [9.17, 15) is 9.90 Å². The van der Waals surface area contributed by atoms with E-state index in [1.54, 1.807) is 50.6 Å². The molecule has 0 bridgehead atoms. The first-order chi connectivity index (χ1) is 9.52. The van der Waals surface area contributed by atoms with Crippen molar-refractivity contribution >= 4 is 27.5 Å². The van der Waals surface area contributed by atoms with E-state index in [0.717, 1.165) is 0 Å². The molecule has 0 heterocycles. The van der Waals surface area contributed by atoms with Gasteiger partial charge in [0.05, 0.1) is 12.7 Å². The first kappa shape index (κ1) is 14.4. The number of phenols is 1. The third-order valence-corrected chi connectivity index (χ3v) is 3.62. The zero-order valence-corrected chi connectivity index (χ0v) is 12.7.